The molecule has 1 saturated carbocycles. The number of hydrogen-bond donors (Lipinski definition) is 2. The van der Waals surface area contributed by atoms with E-state index in [1.165, 1.54) is 16.8 Å². The summed E-state index contributed by atoms with van der Waals surface area (Å²) in [6.07, 6.45) is 6.49. The minimum atomic E-state index is -0.499. The molecule has 10 nitrogen and oxygen atoms in total. The van der Waals surface area contributed by atoms with Gasteiger partial charge >= 0.3 is 0 Å². The number of nitrogens with one attached hydrogen (secondary N) is 2. The molecule has 0 bridgehead atoms. The first-order valence-corrected chi connectivity index (χ1v) is 9.22. The maximum absolute atomic E-state index is 12.4. The topological polar surface area (TPSA) is 118 Å². The van der Waals surface area contributed by atoms with E-state index in [-0.39, 0.29) is 23.7 Å². The standard InChI is InChI=1S/C18H25N7O3/c1-23(2)16-8-9-19-18(22-16)21-13-6-4-12(5-7-13)20-17(26)15-10-14(25(27)28)11-24(15)3/h8-13H,4-7H2,1-3H3,(H,20,26)(H,19,21,22)/t12-,13+. The lowest BCUT2D eigenvalue weighted by molar-refractivity contribution is -0.384. The Bertz CT molecular complexity index is 857. The predicted octanol–water partition coefficient (Wildman–Crippen LogP) is 1.94. The Morgan fingerprint density at radius 1 is 1.29 bits per heavy atom. The second-order valence-electron chi connectivity index (χ2n) is 7.25. The molecule has 0 unspecified atom stereocenters. The van der Waals surface area contributed by atoms with E-state index in [2.05, 4.69) is 20.6 Å². The van der Waals surface area contributed by atoms with Gasteiger partial charge in [0.05, 0.1) is 11.1 Å². The third-order valence-corrected chi connectivity index (χ3v) is 4.93. The van der Waals surface area contributed by atoms with Crippen LogP contribution in [0, 0.1) is 10.1 Å². The number of nitrogens with zero attached hydrogens (tertiary/aromatic N) is 5. The summed E-state index contributed by atoms with van der Waals surface area (Å²) in [5.41, 5.74) is 0.210. The number of carbonyl (C=O) groups is 1. The van der Waals surface area contributed by atoms with Crippen molar-refractivity contribution in [1.82, 2.24) is 19.9 Å². The molecule has 0 saturated heterocycles. The lowest BCUT2D eigenvalue weighted by Crippen LogP contribution is -2.40. The number of aryl methyl sites for hydroxylation is 1. The zero-order valence-corrected chi connectivity index (χ0v) is 16.3. The Morgan fingerprint density at radius 3 is 2.57 bits per heavy atom. The van der Waals surface area contributed by atoms with Crippen molar-refractivity contribution in [1.29, 1.82) is 0 Å². The largest absolute Gasteiger partial charge is 0.363 e. The smallest absolute Gasteiger partial charge is 0.287 e. The van der Waals surface area contributed by atoms with E-state index in [9.17, 15) is 14.9 Å². The molecule has 2 N–H and O–H groups in total. The summed E-state index contributed by atoms with van der Waals surface area (Å²) < 4.78 is 1.48. The summed E-state index contributed by atoms with van der Waals surface area (Å²) in [5.74, 6) is 1.17. The number of carbonyl (C=O) groups excluding carboxylic acids is 1. The van der Waals surface area contributed by atoms with Crippen molar-refractivity contribution < 1.29 is 9.72 Å². The zero-order valence-electron chi connectivity index (χ0n) is 16.3. The molecule has 1 fully saturated rings. The second kappa shape index (κ2) is 8.24. The van der Waals surface area contributed by atoms with Crippen molar-refractivity contribution in [3.63, 3.8) is 0 Å². The molecule has 2 aromatic rings. The van der Waals surface area contributed by atoms with Crippen LogP contribution in [0.3, 0.4) is 0 Å². The fourth-order valence-corrected chi connectivity index (χ4v) is 3.36. The molecular weight excluding hydrogens is 362 g/mol. The van der Waals surface area contributed by atoms with E-state index in [0.717, 1.165) is 31.5 Å². The van der Waals surface area contributed by atoms with Crippen molar-refractivity contribution in [2.45, 2.75) is 37.8 Å². The van der Waals surface area contributed by atoms with E-state index in [1.54, 1.807) is 13.2 Å². The van der Waals surface area contributed by atoms with Crippen LogP contribution in [0.4, 0.5) is 17.5 Å². The summed E-state index contributed by atoms with van der Waals surface area (Å²) in [4.78, 5) is 33.5. The molecule has 3 rings (SSSR count). The molecule has 0 atom stereocenters. The highest BCUT2D eigenvalue weighted by Crippen LogP contribution is 2.23. The minimum absolute atomic E-state index is 0.0496. The van der Waals surface area contributed by atoms with E-state index in [4.69, 9.17) is 0 Å². The van der Waals surface area contributed by atoms with Gasteiger partial charge in [-0.3, -0.25) is 14.9 Å². The Labute approximate surface area is 163 Å². The summed E-state index contributed by atoms with van der Waals surface area (Å²) in [7, 11) is 5.49. The van der Waals surface area contributed by atoms with Crippen LogP contribution in [0.15, 0.2) is 24.5 Å². The van der Waals surface area contributed by atoms with Crippen LogP contribution in [0.1, 0.15) is 36.2 Å². The molecule has 1 amide bonds. The fraction of sp³-hybridized carbons (Fsp3) is 0.500. The lowest BCUT2D eigenvalue weighted by Gasteiger charge is -2.29. The van der Waals surface area contributed by atoms with Crippen LogP contribution in [0.2, 0.25) is 0 Å². The van der Waals surface area contributed by atoms with E-state index < -0.39 is 4.92 Å². The van der Waals surface area contributed by atoms with Gasteiger partial charge in [-0.15, -0.1) is 0 Å². The predicted molar refractivity (Wildman–Crippen MR) is 106 cm³/mol. The number of hydrogen-bond acceptors (Lipinski definition) is 7. The molecule has 0 radical (unpaired) electrons. The second-order valence-corrected chi connectivity index (χ2v) is 7.25. The monoisotopic (exact) mass is 387 g/mol. The van der Waals surface area contributed by atoms with Crippen molar-refractivity contribution in [3.8, 4) is 0 Å². The highest BCUT2D eigenvalue weighted by molar-refractivity contribution is 5.93. The first-order chi connectivity index (χ1) is 13.3. The molecule has 28 heavy (non-hydrogen) atoms. The van der Waals surface area contributed by atoms with Gasteiger partial charge in [0.15, 0.2) is 0 Å². The normalized spacial score (nSPS) is 19.1. The summed E-state index contributed by atoms with van der Waals surface area (Å²) >= 11 is 0. The van der Waals surface area contributed by atoms with Crippen LogP contribution < -0.4 is 15.5 Å². The van der Waals surface area contributed by atoms with Gasteiger partial charge in [-0.2, -0.15) is 4.98 Å². The Balaban J connectivity index is 1.52. The van der Waals surface area contributed by atoms with E-state index in [1.807, 2.05) is 25.1 Å². The van der Waals surface area contributed by atoms with Crippen molar-refractivity contribution in [3.05, 3.63) is 40.3 Å². The molecule has 0 aliphatic heterocycles. The Morgan fingerprint density at radius 2 is 1.96 bits per heavy atom. The molecule has 0 aromatic carbocycles. The maximum Gasteiger partial charge on any atom is 0.287 e. The fourth-order valence-electron chi connectivity index (χ4n) is 3.36. The zero-order chi connectivity index (χ0) is 20.3. The molecule has 1 aliphatic rings. The van der Waals surface area contributed by atoms with Crippen LogP contribution in [-0.4, -0.2) is 51.5 Å². The van der Waals surface area contributed by atoms with Gasteiger partial charge in [0.25, 0.3) is 11.6 Å². The van der Waals surface area contributed by atoms with Crippen molar-refractivity contribution in [2.75, 3.05) is 24.3 Å². The summed E-state index contributed by atoms with van der Waals surface area (Å²) in [6.45, 7) is 0. The number of amides is 1. The molecular formula is C18H25N7O3. The first-order valence-electron chi connectivity index (χ1n) is 9.22. The van der Waals surface area contributed by atoms with Crippen LogP contribution in [0.5, 0.6) is 0 Å². The number of anilines is 2. The van der Waals surface area contributed by atoms with E-state index in [0.29, 0.717) is 11.6 Å². The lowest BCUT2D eigenvalue weighted by atomic mass is 9.91. The van der Waals surface area contributed by atoms with Gasteiger partial charge in [-0.05, 0) is 31.7 Å². The number of rotatable bonds is 6. The minimum Gasteiger partial charge on any atom is -0.363 e. The average Bonchev–Trinajstić information content (AvgIpc) is 3.06. The van der Waals surface area contributed by atoms with Gasteiger partial charge in [-0.25, -0.2) is 4.98 Å². The summed E-state index contributed by atoms with van der Waals surface area (Å²) in [5, 5.41) is 17.2. The van der Waals surface area contributed by atoms with Crippen LogP contribution >= 0.6 is 0 Å². The van der Waals surface area contributed by atoms with Gasteiger partial charge in [0.2, 0.25) is 5.95 Å². The maximum atomic E-state index is 12.4. The highest BCUT2D eigenvalue weighted by Gasteiger charge is 2.25. The molecule has 2 heterocycles. The molecule has 1 aliphatic carbocycles. The Hall–Kier alpha value is -3.17. The van der Waals surface area contributed by atoms with Gasteiger partial charge in [0.1, 0.15) is 11.5 Å². The molecule has 10 heteroatoms. The molecule has 2 aromatic heterocycles. The SMILES string of the molecule is CN(C)c1ccnc(N[C@H]2CC[C@@H](NC(=O)c3cc([N+](=O)[O-])cn3C)CC2)n1. The van der Waals surface area contributed by atoms with Crippen molar-refractivity contribution in [2.24, 2.45) is 7.05 Å². The highest BCUT2D eigenvalue weighted by atomic mass is 16.6. The van der Waals surface area contributed by atoms with Crippen molar-refractivity contribution >= 4 is 23.4 Å². The molecule has 150 valence electrons. The third-order valence-electron chi connectivity index (χ3n) is 4.93. The van der Waals surface area contributed by atoms with Gasteiger partial charge in [0, 0.05) is 45.5 Å². The first kappa shape index (κ1) is 19.6. The third kappa shape index (κ3) is 4.56. The van der Waals surface area contributed by atoms with Gasteiger partial charge < -0.3 is 20.1 Å². The van der Waals surface area contributed by atoms with Crippen LogP contribution in [0.25, 0.3) is 0 Å². The number of aromatic nitrogens is 3. The average molecular weight is 387 g/mol. The Kier molecular flexibility index (Phi) is 5.76. The van der Waals surface area contributed by atoms with E-state index >= 15 is 0 Å². The van der Waals surface area contributed by atoms with Crippen LogP contribution in [-0.2, 0) is 7.05 Å². The quantitative estimate of drug-likeness (QED) is 0.574. The molecule has 0 spiro atoms. The van der Waals surface area contributed by atoms with Gasteiger partial charge in [-0.1, -0.05) is 0 Å². The number of nitro groups is 1. The summed E-state index contributed by atoms with van der Waals surface area (Å²) in [6, 6.07) is 3.46.